The largest absolute Gasteiger partial charge is 0.388 e. The van der Waals surface area contributed by atoms with Gasteiger partial charge >= 0.3 is 0 Å². The Morgan fingerprint density at radius 3 is 2.00 bits per heavy atom. The van der Waals surface area contributed by atoms with Crippen LogP contribution in [-0.4, -0.2) is 58.0 Å². The average molecular weight is 388 g/mol. The summed E-state index contributed by atoms with van der Waals surface area (Å²) in [5.74, 6) is -1.81. The Kier molecular flexibility index (Phi) is 5.47. The maximum absolute atomic E-state index is 13.5. The maximum Gasteiger partial charge on any atom is 0.254 e. The second-order valence-corrected chi connectivity index (χ2v) is 7.44. The first-order chi connectivity index (χ1) is 13.2. The van der Waals surface area contributed by atoms with E-state index in [2.05, 4.69) is 0 Å². The van der Waals surface area contributed by atoms with E-state index in [0.717, 1.165) is 12.1 Å². The minimum atomic E-state index is -1.30. The number of rotatable bonds is 3. The standard InChI is InChI=1S/C21H22F2N2O3/c1-21(2,28)18-13-24(19(26)14-5-3-7-16(22)11-14)9-10-25(18)20(27)15-6-4-8-17(23)12-15/h3-8,11-12,18,28H,9-10,13H2,1-2H3. The number of hydrogen-bond acceptors (Lipinski definition) is 3. The van der Waals surface area contributed by atoms with Gasteiger partial charge in [0.2, 0.25) is 0 Å². The van der Waals surface area contributed by atoms with Gasteiger partial charge in [0, 0.05) is 30.8 Å². The first-order valence-corrected chi connectivity index (χ1v) is 9.00. The van der Waals surface area contributed by atoms with Crippen molar-refractivity contribution in [1.82, 2.24) is 9.80 Å². The molecule has 1 atom stereocenters. The Balaban J connectivity index is 1.84. The van der Waals surface area contributed by atoms with Crippen molar-refractivity contribution in [1.29, 1.82) is 0 Å². The number of piperazine rings is 1. The van der Waals surface area contributed by atoms with Gasteiger partial charge in [-0.3, -0.25) is 9.59 Å². The van der Waals surface area contributed by atoms with Crippen LogP contribution in [0.25, 0.3) is 0 Å². The van der Waals surface area contributed by atoms with Crippen LogP contribution in [0, 0.1) is 11.6 Å². The van der Waals surface area contributed by atoms with Crippen LogP contribution in [0.5, 0.6) is 0 Å². The van der Waals surface area contributed by atoms with E-state index < -0.39 is 29.2 Å². The molecule has 148 valence electrons. The second kappa shape index (κ2) is 7.67. The van der Waals surface area contributed by atoms with Crippen molar-refractivity contribution < 1.29 is 23.5 Å². The number of hydrogen-bond donors (Lipinski definition) is 1. The minimum absolute atomic E-state index is 0.0832. The first-order valence-electron chi connectivity index (χ1n) is 9.00. The monoisotopic (exact) mass is 388 g/mol. The van der Waals surface area contributed by atoms with E-state index in [1.54, 1.807) is 13.8 Å². The lowest BCUT2D eigenvalue weighted by Gasteiger charge is -2.46. The third-order valence-electron chi connectivity index (χ3n) is 4.89. The van der Waals surface area contributed by atoms with Crippen LogP contribution in [0.1, 0.15) is 34.6 Å². The molecule has 0 aromatic heterocycles. The molecule has 0 spiro atoms. The van der Waals surface area contributed by atoms with Gasteiger partial charge in [-0.25, -0.2) is 8.78 Å². The number of amides is 2. The van der Waals surface area contributed by atoms with Crippen LogP contribution in [0.3, 0.4) is 0 Å². The summed E-state index contributed by atoms with van der Waals surface area (Å²) in [5, 5.41) is 10.6. The highest BCUT2D eigenvalue weighted by Crippen LogP contribution is 2.24. The van der Waals surface area contributed by atoms with Gasteiger partial charge in [-0.2, -0.15) is 0 Å². The lowest BCUT2D eigenvalue weighted by molar-refractivity contribution is -0.0415. The molecule has 0 bridgehead atoms. The molecule has 2 aromatic carbocycles. The molecule has 0 aliphatic carbocycles. The zero-order valence-electron chi connectivity index (χ0n) is 15.7. The summed E-state index contributed by atoms with van der Waals surface area (Å²) in [7, 11) is 0. The number of carbonyl (C=O) groups excluding carboxylic acids is 2. The molecule has 1 aliphatic rings. The molecule has 0 saturated carbocycles. The van der Waals surface area contributed by atoms with E-state index in [9.17, 15) is 23.5 Å². The zero-order valence-corrected chi connectivity index (χ0v) is 15.7. The van der Waals surface area contributed by atoms with E-state index in [4.69, 9.17) is 0 Å². The van der Waals surface area contributed by atoms with Crippen LogP contribution in [0.2, 0.25) is 0 Å². The average Bonchev–Trinajstić information content (AvgIpc) is 2.65. The summed E-state index contributed by atoms with van der Waals surface area (Å²) in [6.07, 6.45) is 0. The van der Waals surface area contributed by atoms with Gasteiger partial charge in [-0.1, -0.05) is 12.1 Å². The molecule has 1 fully saturated rings. The van der Waals surface area contributed by atoms with Crippen molar-refractivity contribution in [3.63, 3.8) is 0 Å². The van der Waals surface area contributed by atoms with Crippen LogP contribution >= 0.6 is 0 Å². The quantitative estimate of drug-likeness (QED) is 0.880. The summed E-state index contributed by atoms with van der Waals surface area (Å²) in [4.78, 5) is 28.6. The molecule has 1 saturated heterocycles. The number of benzene rings is 2. The molecule has 1 N–H and O–H groups in total. The molecule has 0 radical (unpaired) electrons. The fraction of sp³-hybridized carbons (Fsp3) is 0.333. The molecule has 5 nitrogen and oxygen atoms in total. The Labute approximate surface area is 162 Å². The van der Waals surface area contributed by atoms with Gasteiger partial charge in [0.15, 0.2) is 0 Å². The van der Waals surface area contributed by atoms with Crippen LogP contribution in [-0.2, 0) is 0 Å². The van der Waals surface area contributed by atoms with Crippen molar-refractivity contribution in [2.24, 2.45) is 0 Å². The van der Waals surface area contributed by atoms with Crippen LogP contribution < -0.4 is 0 Å². The fourth-order valence-corrected chi connectivity index (χ4v) is 3.41. The normalized spacial score (nSPS) is 17.5. The van der Waals surface area contributed by atoms with Crippen LogP contribution in [0.15, 0.2) is 48.5 Å². The molecule has 7 heteroatoms. The summed E-state index contributed by atoms with van der Waals surface area (Å²) < 4.78 is 27.0. The molecule has 1 aliphatic heterocycles. The van der Waals surface area contributed by atoms with Crippen molar-refractivity contribution in [2.75, 3.05) is 19.6 Å². The van der Waals surface area contributed by atoms with Gasteiger partial charge in [-0.05, 0) is 50.2 Å². The van der Waals surface area contributed by atoms with E-state index in [-0.39, 0.29) is 36.7 Å². The van der Waals surface area contributed by atoms with Gasteiger partial charge in [0.25, 0.3) is 11.8 Å². The van der Waals surface area contributed by atoms with E-state index >= 15 is 0 Å². The molecule has 2 aromatic rings. The zero-order chi connectivity index (χ0) is 20.5. The molecule has 1 unspecified atom stereocenters. The molecule has 3 rings (SSSR count). The Morgan fingerprint density at radius 1 is 0.964 bits per heavy atom. The van der Waals surface area contributed by atoms with Gasteiger partial charge < -0.3 is 14.9 Å². The predicted octanol–water partition coefficient (Wildman–Crippen LogP) is 2.70. The van der Waals surface area contributed by atoms with Crippen molar-refractivity contribution in [3.05, 3.63) is 71.3 Å². The smallest absolute Gasteiger partial charge is 0.254 e. The molecule has 2 amide bonds. The lowest BCUT2D eigenvalue weighted by Crippen LogP contribution is -2.63. The highest BCUT2D eigenvalue weighted by atomic mass is 19.1. The lowest BCUT2D eigenvalue weighted by atomic mass is 9.93. The third kappa shape index (κ3) is 4.20. The molecular formula is C21H22F2N2O3. The number of halogens is 2. The van der Waals surface area contributed by atoms with E-state index in [0.29, 0.717) is 0 Å². The van der Waals surface area contributed by atoms with Crippen molar-refractivity contribution in [3.8, 4) is 0 Å². The number of aliphatic hydroxyl groups is 1. The van der Waals surface area contributed by atoms with Crippen molar-refractivity contribution >= 4 is 11.8 Å². The fourth-order valence-electron chi connectivity index (χ4n) is 3.41. The van der Waals surface area contributed by atoms with E-state index in [1.807, 2.05) is 0 Å². The predicted molar refractivity (Wildman–Crippen MR) is 99.8 cm³/mol. The summed E-state index contributed by atoms with van der Waals surface area (Å²) in [6.45, 7) is 3.59. The number of carbonyl (C=O) groups is 2. The number of nitrogens with zero attached hydrogens (tertiary/aromatic N) is 2. The Morgan fingerprint density at radius 2 is 1.50 bits per heavy atom. The highest BCUT2D eigenvalue weighted by molar-refractivity contribution is 5.96. The van der Waals surface area contributed by atoms with Gasteiger partial charge in [0.1, 0.15) is 11.6 Å². The molecule has 1 heterocycles. The van der Waals surface area contributed by atoms with Crippen LogP contribution in [0.4, 0.5) is 8.78 Å². The SMILES string of the molecule is CC(C)(O)C1CN(C(=O)c2cccc(F)c2)CCN1C(=O)c1cccc(F)c1. The molecule has 28 heavy (non-hydrogen) atoms. The summed E-state index contributed by atoms with van der Waals surface area (Å²) in [6, 6.07) is 10.1. The third-order valence-corrected chi connectivity index (χ3v) is 4.89. The molecular weight excluding hydrogens is 366 g/mol. The first kappa shape index (κ1) is 19.9. The summed E-state index contributed by atoms with van der Waals surface area (Å²) in [5.41, 5.74) is -0.914. The Hall–Kier alpha value is -2.80. The van der Waals surface area contributed by atoms with Gasteiger partial charge in [0.05, 0.1) is 11.6 Å². The minimum Gasteiger partial charge on any atom is -0.388 e. The van der Waals surface area contributed by atoms with Gasteiger partial charge in [-0.15, -0.1) is 0 Å². The second-order valence-electron chi connectivity index (χ2n) is 7.44. The summed E-state index contributed by atoms with van der Waals surface area (Å²) >= 11 is 0. The van der Waals surface area contributed by atoms with E-state index in [1.165, 1.54) is 46.2 Å². The highest BCUT2D eigenvalue weighted by Gasteiger charge is 2.41. The maximum atomic E-state index is 13.5. The van der Waals surface area contributed by atoms with Crippen molar-refractivity contribution in [2.45, 2.75) is 25.5 Å². The topological polar surface area (TPSA) is 60.9 Å². The Bertz CT molecular complexity index is 895.